The summed E-state index contributed by atoms with van der Waals surface area (Å²) in [4.78, 5) is 19.5. The van der Waals surface area contributed by atoms with E-state index in [1.54, 1.807) is 17.6 Å². The van der Waals surface area contributed by atoms with Gasteiger partial charge in [-0.05, 0) is 37.1 Å². The van der Waals surface area contributed by atoms with Crippen LogP contribution in [-0.4, -0.2) is 49.4 Å². The number of hydrogen-bond acceptors (Lipinski definition) is 7. The number of nitrogens with zero attached hydrogens (tertiary/aromatic N) is 5. The van der Waals surface area contributed by atoms with Crippen molar-refractivity contribution in [1.82, 2.24) is 24.6 Å². The summed E-state index contributed by atoms with van der Waals surface area (Å²) in [5, 5.41) is 10.3. The van der Waals surface area contributed by atoms with Crippen molar-refractivity contribution < 1.29 is 9.21 Å². The van der Waals surface area contributed by atoms with Gasteiger partial charge < -0.3 is 13.9 Å². The van der Waals surface area contributed by atoms with Gasteiger partial charge in [0.2, 0.25) is 5.91 Å². The number of benzene rings is 1. The molecule has 1 saturated heterocycles. The first-order valence-electron chi connectivity index (χ1n) is 9.88. The lowest BCUT2D eigenvalue weighted by molar-refractivity contribution is -0.129. The number of furan rings is 1. The van der Waals surface area contributed by atoms with Crippen LogP contribution in [0.15, 0.2) is 52.2 Å². The summed E-state index contributed by atoms with van der Waals surface area (Å²) in [5.74, 6) is 2.27. The van der Waals surface area contributed by atoms with Crippen LogP contribution in [-0.2, 0) is 11.8 Å². The molecule has 30 heavy (non-hydrogen) atoms. The van der Waals surface area contributed by atoms with Crippen molar-refractivity contribution >= 4 is 39.2 Å². The number of rotatable bonds is 5. The Morgan fingerprint density at radius 2 is 2.03 bits per heavy atom. The van der Waals surface area contributed by atoms with E-state index < -0.39 is 0 Å². The molecule has 154 valence electrons. The molecule has 0 unspecified atom stereocenters. The molecule has 1 aromatic carbocycles. The van der Waals surface area contributed by atoms with Crippen molar-refractivity contribution in [2.24, 2.45) is 7.05 Å². The Morgan fingerprint density at radius 1 is 1.20 bits per heavy atom. The maximum atomic E-state index is 12.7. The second-order valence-electron chi connectivity index (χ2n) is 7.31. The van der Waals surface area contributed by atoms with Crippen molar-refractivity contribution in [3.05, 3.63) is 47.7 Å². The van der Waals surface area contributed by atoms with Crippen LogP contribution in [0.25, 0.3) is 21.8 Å². The highest BCUT2D eigenvalue weighted by molar-refractivity contribution is 7.99. The molecule has 0 N–H and O–H groups in total. The van der Waals surface area contributed by atoms with E-state index in [1.165, 1.54) is 21.5 Å². The van der Waals surface area contributed by atoms with E-state index in [-0.39, 0.29) is 5.91 Å². The van der Waals surface area contributed by atoms with Gasteiger partial charge in [0.1, 0.15) is 0 Å². The number of fused-ring (bicyclic) bond motifs is 1. The lowest BCUT2D eigenvalue weighted by Gasteiger charge is -2.31. The molecule has 1 amide bonds. The summed E-state index contributed by atoms with van der Waals surface area (Å²) in [7, 11) is 1.88. The second-order valence-corrected chi connectivity index (χ2v) is 9.31. The molecule has 0 aliphatic carbocycles. The predicted molar refractivity (Wildman–Crippen MR) is 118 cm³/mol. The molecule has 4 aromatic rings. The number of carbonyl (C=O) groups is 1. The van der Waals surface area contributed by atoms with Crippen molar-refractivity contribution in [1.29, 1.82) is 0 Å². The molecular formula is C21H21N5O2S2. The maximum absolute atomic E-state index is 12.7. The zero-order chi connectivity index (χ0) is 20.5. The third-order valence-corrected chi connectivity index (χ3v) is 7.61. The van der Waals surface area contributed by atoms with E-state index in [9.17, 15) is 4.79 Å². The van der Waals surface area contributed by atoms with Crippen LogP contribution < -0.4 is 0 Å². The van der Waals surface area contributed by atoms with E-state index in [4.69, 9.17) is 9.40 Å². The Balaban J connectivity index is 1.16. The van der Waals surface area contributed by atoms with Crippen molar-refractivity contribution in [2.45, 2.75) is 23.9 Å². The van der Waals surface area contributed by atoms with E-state index in [2.05, 4.69) is 28.4 Å². The summed E-state index contributed by atoms with van der Waals surface area (Å²) in [5.41, 5.74) is 1.07. The minimum absolute atomic E-state index is 0.144. The number of likely N-dealkylation sites (tertiary alicyclic amines) is 1. The predicted octanol–water partition coefficient (Wildman–Crippen LogP) is 4.18. The number of para-hydroxylation sites is 1. The summed E-state index contributed by atoms with van der Waals surface area (Å²) in [6, 6.07) is 11.9. The van der Waals surface area contributed by atoms with Gasteiger partial charge in [-0.1, -0.05) is 23.9 Å². The zero-order valence-corrected chi connectivity index (χ0v) is 18.2. The Morgan fingerprint density at radius 3 is 2.80 bits per heavy atom. The molecule has 0 atom stereocenters. The molecule has 1 aliphatic rings. The van der Waals surface area contributed by atoms with Gasteiger partial charge in [-0.15, -0.1) is 21.5 Å². The number of hydrogen-bond donors (Lipinski definition) is 0. The fraction of sp³-hybridized carbons (Fsp3) is 0.333. The molecule has 4 heterocycles. The summed E-state index contributed by atoms with van der Waals surface area (Å²) in [6.45, 7) is 1.55. The molecule has 3 aromatic heterocycles. The van der Waals surface area contributed by atoms with Gasteiger partial charge in [-0.2, -0.15) is 0 Å². The van der Waals surface area contributed by atoms with Gasteiger partial charge in [0.25, 0.3) is 0 Å². The number of amides is 1. The number of carbonyl (C=O) groups excluding carboxylic acids is 1. The maximum Gasteiger partial charge on any atom is 0.233 e. The Labute approximate surface area is 182 Å². The fourth-order valence-electron chi connectivity index (χ4n) is 3.72. The third-order valence-electron chi connectivity index (χ3n) is 5.41. The molecule has 0 spiro atoms. The van der Waals surface area contributed by atoms with Gasteiger partial charge in [-0.3, -0.25) is 4.79 Å². The Hall–Kier alpha value is -2.65. The summed E-state index contributed by atoms with van der Waals surface area (Å²) >= 11 is 3.19. The first kappa shape index (κ1) is 19.3. The lowest BCUT2D eigenvalue weighted by atomic mass is 9.97. The van der Waals surface area contributed by atoms with Gasteiger partial charge in [0, 0.05) is 26.1 Å². The van der Waals surface area contributed by atoms with Crippen LogP contribution in [0, 0.1) is 0 Å². The minimum atomic E-state index is 0.144. The number of piperidine rings is 1. The van der Waals surface area contributed by atoms with Crippen LogP contribution in [0.4, 0.5) is 0 Å². The van der Waals surface area contributed by atoms with Crippen LogP contribution in [0.3, 0.4) is 0 Å². The second kappa shape index (κ2) is 8.23. The van der Waals surface area contributed by atoms with E-state index >= 15 is 0 Å². The van der Waals surface area contributed by atoms with Crippen LogP contribution in [0.5, 0.6) is 0 Å². The highest BCUT2D eigenvalue weighted by Crippen LogP contribution is 2.34. The van der Waals surface area contributed by atoms with Crippen LogP contribution >= 0.6 is 23.1 Å². The topological polar surface area (TPSA) is 77.1 Å². The number of aromatic nitrogens is 4. The third kappa shape index (κ3) is 3.75. The number of thiazole rings is 1. The van der Waals surface area contributed by atoms with Gasteiger partial charge in [-0.25, -0.2) is 4.98 Å². The Bertz CT molecular complexity index is 1130. The largest absolute Gasteiger partial charge is 0.461 e. The molecule has 1 fully saturated rings. The lowest BCUT2D eigenvalue weighted by Crippen LogP contribution is -2.39. The van der Waals surface area contributed by atoms with Crippen LogP contribution in [0.2, 0.25) is 0 Å². The molecule has 7 nitrogen and oxygen atoms in total. The first-order chi connectivity index (χ1) is 14.7. The average molecular weight is 440 g/mol. The minimum Gasteiger partial charge on any atom is -0.461 e. The molecule has 0 bridgehead atoms. The number of thioether (sulfide) groups is 1. The summed E-state index contributed by atoms with van der Waals surface area (Å²) in [6.07, 6.45) is 3.53. The van der Waals surface area contributed by atoms with Gasteiger partial charge in [0.15, 0.2) is 16.7 Å². The highest BCUT2D eigenvalue weighted by atomic mass is 32.2. The quantitative estimate of drug-likeness (QED) is 0.434. The van der Waals surface area contributed by atoms with E-state index in [1.807, 2.05) is 34.7 Å². The van der Waals surface area contributed by atoms with Crippen LogP contribution in [0.1, 0.15) is 23.8 Å². The van der Waals surface area contributed by atoms with Gasteiger partial charge >= 0.3 is 0 Å². The smallest absolute Gasteiger partial charge is 0.233 e. The molecule has 9 heteroatoms. The molecule has 1 aliphatic heterocycles. The Kier molecular flexibility index (Phi) is 5.30. The monoisotopic (exact) mass is 439 g/mol. The van der Waals surface area contributed by atoms with Crippen molar-refractivity contribution in [3.63, 3.8) is 0 Å². The van der Waals surface area contributed by atoms with Crippen molar-refractivity contribution in [3.8, 4) is 11.6 Å². The average Bonchev–Trinajstić information content (AvgIpc) is 3.52. The van der Waals surface area contributed by atoms with Crippen molar-refractivity contribution in [2.75, 3.05) is 18.8 Å². The highest BCUT2D eigenvalue weighted by Gasteiger charge is 2.26. The van der Waals surface area contributed by atoms with Gasteiger partial charge in [0.05, 0.1) is 27.2 Å². The first-order valence-corrected chi connectivity index (χ1v) is 11.7. The van der Waals surface area contributed by atoms with E-state index in [0.717, 1.165) is 31.4 Å². The summed E-state index contributed by atoms with van der Waals surface area (Å²) < 4.78 is 8.48. The fourth-order valence-corrected chi connectivity index (χ4v) is 5.67. The SMILES string of the molecule is Cn1c(SCC(=O)N2CCC(c3nc4ccccc4s3)CC2)nnc1-c1ccco1. The molecule has 5 rings (SSSR count). The molecule has 0 radical (unpaired) electrons. The van der Waals surface area contributed by atoms with E-state index in [0.29, 0.717) is 28.4 Å². The molecule has 0 saturated carbocycles. The zero-order valence-electron chi connectivity index (χ0n) is 16.5. The normalized spacial score (nSPS) is 15.2. The molecular weight excluding hydrogens is 418 g/mol. The standard InChI is InChI=1S/C21H21N5O2S2/c1-25-19(16-6-4-12-28-16)23-24-21(25)29-13-18(27)26-10-8-14(9-11-26)20-22-15-5-2-3-7-17(15)30-20/h2-7,12,14H,8-11,13H2,1H3.